The van der Waals surface area contributed by atoms with Crippen LogP contribution in [0, 0.1) is 19.8 Å². The number of hydrazone groups is 1. The lowest BCUT2D eigenvalue weighted by Gasteiger charge is -2.15. The van der Waals surface area contributed by atoms with Crippen LogP contribution in [0.4, 0.5) is 0 Å². The average Bonchev–Trinajstić information content (AvgIpc) is 2.76. The molecular weight excluding hydrogens is 292 g/mol. The van der Waals surface area contributed by atoms with Crippen LogP contribution in [-0.4, -0.2) is 27.7 Å². The molecule has 0 aliphatic carbocycles. The van der Waals surface area contributed by atoms with E-state index in [1.165, 1.54) is 17.0 Å². The molecule has 0 fully saturated rings. The molecule has 2 heterocycles. The van der Waals surface area contributed by atoms with E-state index in [1.807, 2.05) is 6.08 Å². The van der Waals surface area contributed by atoms with E-state index in [0.29, 0.717) is 5.92 Å². The largest absolute Gasteiger partial charge is 0.345 e. The Morgan fingerprint density at radius 2 is 2.27 bits per heavy atom. The highest BCUT2D eigenvalue weighted by Crippen LogP contribution is 2.20. The van der Waals surface area contributed by atoms with Crippen LogP contribution >= 0.6 is 11.8 Å². The first kappa shape index (κ1) is 16.9. The minimum Gasteiger partial charge on any atom is -0.345 e. The number of amidine groups is 1. The molecule has 22 heavy (non-hydrogen) atoms. The Labute approximate surface area is 137 Å². The van der Waals surface area contributed by atoms with Gasteiger partial charge in [0.25, 0.3) is 0 Å². The molecular formula is C17H26N4S. The number of rotatable bonds is 6. The number of hydrogen-bond acceptors (Lipinski definition) is 3. The van der Waals surface area contributed by atoms with Crippen molar-refractivity contribution in [3.63, 3.8) is 0 Å². The predicted molar refractivity (Wildman–Crippen MR) is 98.0 cm³/mol. The standard InChI is InChI=1S/C17H26N4S/c1-6-9-21-13(4)10-15(14(21)5)16-11-22-17(20-19-16)18-8-7-12(2)3/h6,10,12H,1,7-9,11H2,2-5H3,(H,18,20). The molecule has 0 spiro atoms. The molecule has 0 radical (unpaired) electrons. The molecule has 5 heteroatoms. The average molecular weight is 318 g/mol. The van der Waals surface area contributed by atoms with Crippen molar-refractivity contribution in [2.75, 3.05) is 12.3 Å². The van der Waals surface area contributed by atoms with Crippen LogP contribution in [0.3, 0.4) is 0 Å². The molecule has 1 N–H and O–H groups in total. The van der Waals surface area contributed by atoms with Crippen molar-refractivity contribution < 1.29 is 0 Å². The fourth-order valence-corrected chi connectivity index (χ4v) is 3.25. The fourth-order valence-electron chi connectivity index (χ4n) is 2.46. The molecule has 1 aliphatic rings. The Bertz CT molecular complexity index is 596. The lowest BCUT2D eigenvalue weighted by atomic mass is 10.1. The molecule has 1 aliphatic heterocycles. The summed E-state index contributed by atoms with van der Waals surface area (Å²) < 4.78 is 2.27. The molecule has 0 bridgehead atoms. The molecule has 0 saturated carbocycles. The molecule has 0 amide bonds. The third-order valence-corrected chi connectivity index (χ3v) is 4.70. The van der Waals surface area contributed by atoms with Crippen LogP contribution in [0.15, 0.2) is 28.8 Å². The van der Waals surface area contributed by atoms with Crippen molar-refractivity contribution in [2.45, 2.75) is 40.7 Å². The van der Waals surface area contributed by atoms with Gasteiger partial charge in [0.05, 0.1) is 5.71 Å². The van der Waals surface area contributed by atoms with E-state index in [1.54, 1.807) is 11.8 Å². The first-order chi connectivity index (χ1) is 10.5. The lowest BCUT2D eigenvalue weighted by molar-refractivity contribution is 0.596. The number of aryl methyl sites for hydroxylation is 1. The van der Waals surface area contributed by atoms with E-state index in [2.05, 4.69) is 60.4 Å². The zero-order valence-electron chi connectivity index (χ0n) is 14.0. The summed E-state index contributed by atoms with van der Waals surface area (Å²) >= 11 is 1.73. The molecule has 0 saturated heterocycles. The molecule has 0 unspecified atom stereocenters. The third-order valence-electron chi connectivity index (χ3n) is 3.79. The first-order valence-corrected chi connectivity index (χ1v) is 8.79. The minimum atomic E-state index is 0.687. The first-order valence-electron chi connectivity index (χ1n) is 7.80. The van der Waals surface area contributed by atoms with Crippen LogP contribution in [0.1, 0.15) is 37.2 Å². The summed E-state index contributed by atoms with van der Waals surface area (Å²) in [4.78, 5) is 4.57. The van der Waals surface area contributed by atoms with Crippen LogP contribution in [-0.2, 0) is 6.54 Å². The zero-order chi connectivity index (χ0) is 16.1. The van der Waals surface area contributed by atoms with Gasteiger partial charge in [-0.15, -0.1) is 6.58 Å². The Hall–Kier alpha value is -1.49. The van der Waals surface area contributed by atoms with Gasteiger partial charge in [-0.3, -0.25) is 10.4 Å². The van der Waals surface area contributed by atoms with Gasteiger partial charge in [-0.05, 0) is 32.3 Å². The van der Waals surface area contributed by atoms with E-state index in [0.717, 1.165) is 36.1 Å². The molecule has 0 atom stereocenters. The topological polar surface area (TPSA) is 41.7 Å². The molecule has 1 aromatic heterocycles. The van der Waals surface area contributed by atoms with E-state index >= 15 is 0 Å². The molecule has 1 aromatic rings. The van der Waals surface area contributed by atoms with Gasteiger partial charge >= 0.3 is 0 Å². The zero-order valence-corrected chi connectivity index (χ0v) is 14.8. The van der Waals surface area contributed by atoms with Crippen molar-refractivity contribution in [1.29, 1.82) is 0 Å². The predicted octanol–water partition coefficient (Wildman–Crippen LogP) is 3.73. The minimum absolute atomic E-state index is 0.687. The second-order valence-electron chi connectivity index (χ2n) is 6.01. The third kappa shape index (κ3) is 4.03. The number of allylic oxidation sites excluding steroid dienone is 1. The van der Waals surface area contributed by atoms with Crippen molar-refractivity contribution in [3.8, 4) is 0 Å². The van der Waals surface area contributed by atoms with Gasteiger partial charge in [0, 0.05) is 35.8 Å². The van der Waals surface area contributed by atoms with E-state index < -0.39 is 0 Å². The smallest absolute Gasteiger partial charge is 0.177 e. The van der Waals surface area contributed by atoms with Gasteiger partial charge in [0.15, 0.2) is 5.17 Å². The Morgan fingerprint density at radius 3 is 2.86 bits per heavy atom. The van der Waals surface area contributed by atoms with Crippen molar-refractivity contribution in [2.24, 2.45) is 16.0 Å². The number of thioether (sulfide) groups is 1. The second-order valence-corrected chi connectivity index (χ2v) is 6.98. The fraction of sp³-hybridized carbons (Fsp3) is 0.529. The van der Waals surface area contributed by atoms with Gasteiger partial charge < -0.3 is 4.57 Å². The highest BCUT2D eigenvalue weighted by atomic mass is 32.2. The SMILES string of the molecule is C=CCn1c(C)cc(C2=NNC(=NCCC(C)C)SC2)c1C. The number of nitrogens with zero attached hydrogens (tertiary/aromatic N) is 3. The van der Waals surface area contributed by atoms with E-state index in [9.17, 15) is 0 Å². The molecule has 4 nitrogen and oxygen atoms in total. The van der Waals surface area contributed by atoms with Gasteiger partial charge in [0.1, 0.15) is 0 Å². The van der Waals surface area contributed by atoms with E-state index in [4.69, 9.17) is 0 Å². The highest BCUT2D eigenvalue weighted by molar-refractivity contribution is 8.14. The quantitative estimate of drug-likeness (QED) is 0.812. The second kappa shape index (κ2) is 7.68. The number of nitrogens with one attached hydrogen (secondary N) is 1. The Balaban J connectivity index is 2.08. The van der Waals surface area contributed by atoms with Crippen LogP contribution in [0.5, 0.6) is 0 Å². The van der Waals surface area contributed by atoms with Crippen molar-refractivity contribution >= 4 is 22.6 Å². The Morgan fingerprint density at radius 1 is 1.50 bits per heavy atom. The molecule has 0 aromatic carbocycles. The van der Waals surface area contributed by atoms with Crippen molar-refractivity contribution in [3.05, 3.63) is 35.7 Å². The van der Waals surface area contributed by atoms with Gasteiger partial charge in [-0.2, -0.15) is 5.10 Å². The summed E-state index contributed by atoms with van der Waals surface area (Å²) in [6, 6.07) is 2.21. The summed E-state index contributed by atoms with van der Waals surface area (Å²) in [7, 11) is 0. The van der Waals surface area contributed by atoms with E-state index in [-0.39, 0.29) is 0 Å². The normalized spacial score (nSPS) is 16.8. The van der Waals surface area contributed by atoms with Crippen molar-refractivity contribution in [1.82, 2.24) is 9.99 Å². The van der Waals surface area contributed by atoms with Gasteiger partial charge in [-0.1, -0.05) is 31.7 Å². The van der Waals surface area contributed by atoms with Crippen LogP contribution < -0.4 is 5.43 Å². The molecule has 2 rings (SSSR count). The maximum Gasteiger partial charge on any atom is 0.177 e. The summed E-state index contributed by atoms with van der Waals surface area (Å²) in [5.41, 5.74) is 7.91. The number of hydrogen-bond donors (Lipinski definition) is 1. The highest BCUT2D eigenvalue weighted by Gasteiger charge is 2.18. The monoisotopic (exact) mass is 318 g/mol. The number of aliphatic imine (C=N–C) groups is 1. The summed E-state index contributed by atoms with van der Waals surface area (Å²) in [6.45, 7) is 14.2. The van der Waals surface area contributed by atoms with Crippen LogP contribution in [0.2, 0.25) is 0 Å². The Kier molecular flexibility index (Phi) is 5.89. The number of aromatic nitrogens is 1. The maximum absolute atomic E-state index is 4.57. The summed E-state index contributed by atoms with van der Waals surface area (Å²) in [6.07, 6.45) is 3.05. The van der Waals surface area contributed by atoms with Gasteiger partial charge in [0.2, 0.25) is 0 Å². The molecule has 120 valence electrons. The summed E-state index contributed by atoms with van der Waals surface area (Å²) in [5.74, 6) is 1.55. The maximum atomic E-state index is 4.57. The summed E-state index contributed by atoms with van der Waals surface area (Å²) in [5, 5.41) is 5.46. The lowest BCUT2D eigenvalue weighted by Crippen LogP contribution is -2.26. The van der Waals surface area contributed by atoms with Crippen LogP contribution in [0.25, 0.3) is 0 Å². The van der Waals surface area contributed by atoms with Gasteiger partial charge in [-0.25, -0.2) is 0 Å².